The lowest BCUT2D eigenvalue weighted by atomic mass is 9.82. The number of sulfonamides is 1. The summed E-state index contributed by atoms with van der Waals surface area (Å²) in [6, 6.07) is 9.42. The van der Waals surface area contributed by atoms with Crippen LogP contribution in [0.15, 0.2) is 34.7 Å². The van der Waals surface area contributed by atoms with Gasteiger partial charge in [0.25, 0.3) is 5.91 Å². The van der Waals surface area contributed by atoms with E-state index in [0.29, 0.717) is 35.1 Å². The highest BCUT2D eigenvalue weighted by Gasteiger charge is 2.36. The third kappa shape index (κ3) is 6.15. The van der Waals surface area contributed by atoms with E-state index >= 15 is 0 Å². The number of furan rings is 1. The third-order valence-corrected chi connectivity index (χ3v) is 8.73. The van der Waals surface area contributed by atoms with Gasteiger partial charge in [-0.3, -0.25) is 13.9 Å². The Balaban J connectivity index is 1.79. The molecule has 1 aliphatic carbocycles. The summed E-state index contributed by atoms with van der Waals surface area (Å²) in [6.07, 6.45) is 3.75. The van der Waals surface area contributed by atoms with Gasteiger partial charge < -0.3 is 19.6 Å². The van der Waals surface area contributed by atoms with Crippen molar-refractivity contribution in [3.05, 3.63) is 47.0 Å². The minimum absolute atomic E-state index is 0.0563. The molecule has 0 spiro atoms. The van der Waals surface area contributed by atoms with Crippen molar-refractivity contribution >= 4 is 38.8 Å². The first-order valence-corrected chi connectivity index (χ1v) is 15.2. The fourth-order valence-corrected chi connectivity index (χ4v) is 5.81. The molecule has 216 valence electrons. The molecule has 0 aliphatic heterocycles. The zero-order valence-corrected chi connectivity index (χ0v) is 24.4. The van der Waals surface area contributed by atoms with Crippen molar-refractivity contribution in [1.29, 1.82) is 0 Å². The highest BCUT2D eigenvalue weighted by molar-refractivity contribution is 7.92. The summed E-state index contributed by atoms with van der Waals surface area (Å²) in [4.78, 5) is 29.7. The van der Waals surface area contributed by atoms with Gasteiger partial charge in [0.1, 0.15) is 11.6 Å². The molecule has 1 aliphatic rings. The van der Waals surface area contributed by atoms with Gasteiger partial charge in [0, 0.05) is 32.9 Å². The van der Waals surface area contributed by atoms with Gasteiger partial charge in [0.05, 0.1) is 22.6 Å². The molecule has 11 heteroatoms. The number of benzene rings is 1. The van der Waals surface area contributed by atoms with E-state index < -0.39 is 21.4 Å². The van der Waals surface area contributed by atoms with Crippen molar-refractivity contribution in [2.45, 2.75) is 51.9 Å². The van der Waals surface area contributed by atoms with Crippen LogP contribution in [0.25, 0.3) is 22.4 Å². The quantitative estimate of drug-likeness (QED) is 0.301. The van der Waals surface area contributed by atoms with Crippen molar-refractivity contribution in [2.75, 3.05) is 37.9 Å². The van der Waals surface area contributed by atoms with Crippen LogP contribution in [-0.2, 0) is 19.6 Å². The molecule has 0 bridgehead atoms. The first-order chi connectivity index (χ1) is 18.9. The van der Waals surface area contributed by atoms with E-state index in [2.05, 4.69) is 5.32 Å². The van der Waals surface area contributed by atoms with Crippen molar-refractivity contribution in [3.63, 3.8) is 0 Å². The van der Waals surface area contributed by atoms with Crippen LogP contribution in [0, 0.1) is 12.3 Å². The summed E-state index contributed by atoms with van der Waals surface area (Å²) in [6.45, 7) is 3.96. The maximum atomic E-state index is 13.1. The lowest BCUT2D eigenvalue weighted by Crippen LogP contribution is -2.35. The molecule has 1 aromatic carbocycles. The smallest absolute Gasteiger partial charge is 0.309 e. The molecule has 2 N–H and O–H groups in total. The first kappa shape index (κ1) is 29.5. The van der Waals surface area contributed by atoms with Gasteiger partial charge in [-0.05, 0) is 63.5 Å². The molecular formula is C29H37N3O7S. The van der Waals surface area contributed by atoms with Gasteiger partial charge >= 0.3 is 5.97 Å². The predicted molar refractivity (Wildman–Crippen MR) is 153 cm³/mol. The summed E-state index contributed by atoms with van der Waals surface area (Å²) in [5, 5.41) is 13.0. The standard InChI is InChI=1S/C29H37N3O7S/c1-18-7-9-20(10-8-18)24-23(26(33)30-3)22-17-21(19-11-12-19)25(31-27(22)39-24)32(40(5,36)37)15-6-13-29(2,28(34)35)14-16-38-4/h7-10,17,19H,6,11-16H2,1-5H3,(H,30,33)(H,34,35). The molecule has 0 radical (unpaired) electrons. The molecule has 1 atom stereocenters. The molecule has 0 saturated heterocycles. The van der Waals surface area contributed by atoms with E-state index in [1.165, 1.54) is 11.4 Å². The normalized spacial score (nSPS) is 15.1. The number of aromatic nitrogens is 1. The van der Waals surface area contributed by atoms with Crippen molar-refractivity contribution in [3.8, 4) is 11.3 Å². The molecular weight excluding hydrogens is 534 g/mol. The fourth-order valence-electron chi connectivity index (χ4n) is 4.89. The molecule has 1 amide bonds. The number of hydrogen-bond acceptors (Lipinski definition) is 7. The van der Waals surface area contributed by atoms with Crippen LogP contribution in [0.3, 0.4) is 0 Å². The molecule has 10 nitrogen and oxygen atoms in total. The Hall–Kier alpha value is -3.44. The van der Waals surface area contributed by atoms with Crippen LogP contribution in [0.1, 0.15) is 66.4 Å². The minimum Gasteiger partial charge on any atom is -0.481 e. The second kappa shape index (κ2) is 11.6. The highest BCUT2D eigenvalue weighted by atomic mass is 32.2. The van der Waals surface area contributed by atoms with E-state index in [1.54, 1.807) is 14.0 Å². The molecule has 1 fully saturated rings. The Morgan fingerprint density at radius 1 is 1.23 bits per heavy atom. The molecule has 2 aromatic heterocycles. The Morgan fingerprint density at radius 3 is 2.45 bits per heavy atom. The molecule has 1 unspecified atom stereocenters. The Bertz CT molecular complexity index is 1510. The van der Waals surface area contributed by atoms with E-state index in [1.807, 2.05) is 37.3 Å². The van der Waals surface area contributed by atoms with Crippen LogP contribution in [0.5, 0.6) is 0 Å². The number of aryl methyl sites for hydroxylation is 1. The Kier molecular flexibility index (Phi) is 8.55. The van der Waals surface area contributed by atoms with Gasteiger partial charge in [-0.2, -0.15) is 4.98 Å². The number of aliphatic carboxylic acids is 1. The number of hydrogen-bond donors (Lipinski definition) is 2. The fraction of sp³-hybridized carbons (Fsp3) is 0.483. The van der Waals surface area contributed by atoms with Crippen LogP contribution in [0.4, 0.5) is 5.82 Å². The summed E-state index contributed by atoms with van der Waals surface area (Å²) >= 11 is 0. The SMILES string of the molecule is CNC(=O)c1c(-c2ccc(C)cc2)oc2nc(N(CCCC(C)(CCOC)C(=O)O)S(C)(=O)=O)c(C3CC3)cc12. The van der Waals surface area contributed by atoms with Crippen LogP contribution < -0.4 is 9.62 Å². The van der Waals surface area contributed by atoms with Crippen LogP contribution in [0.2, 0.25) is 0 Å². The minimum atomic E-state index is -3.77. The number of nitrogens with zero attached hydrogens (tertiary/aromatic N) is 2. The average Bonchev–Trinajstić information content (AvgIpc) is 3.69. The van der Waals surface area contributed by atoms with E-state index in [0.717, 1.165) is 30.2 Å². The third-order valence-electron chi connectivity index (χ3n) is 7.58. The monoisotopic (exact) mass is 571 g/mol. The molecule has 3 aromatic rings. The Labute approximate surface area is 234 Å². The molecule has 2 heterocycles. The molecule has 4 rings (SSSR count). The average molecular weight is 572 g/mol. The van der Waals surface area contributed by atoms with Crippen molar-refractivity contribution in [1.82, 2.24) is 10.3 Å². The van der Waals surface area contributed by atoms with E-state index in [-0.39, 0.29) is 42.9 Å². The number of anilines is 1. The predicted octanol–water partition coefficient (Wildman–Crippen LogP) is 4.71. The summed E-state index contributed by atoms with van der Waals surface area (Å²) in [7, 11) is -0.708. The number of carbonyl (C=O) groups excluding carboxylic acids is 1. The lowest BCUT2D eigenvalue weighted by molar-refractivity contribution is -0.149. The van der Waals surface area contributed by atoms with Crippen LogP contribution in [-0.4, -0.2) is 63.9 Å². The maximum Gasteiger partial charge on any atom is 0.309 e. The second-order valence-electron chi connectivity index (χ2n) is 10.8. The number of rotatable bonds is 13. The zero-order valence-electron chi connectivity index (χ0n) is 23.6. The largest absolute Gasteiger partial charge is 0.481 e. The zero-order chi connectivity index (χ0) is 29.2. The second-order valence-corrected chi connectivity index (χ2v) is 12.7. The van der Waals surface area contributed by atoms with Crippen molar-refractivity contribution in [2.24, 2.45) is 5.41 Å². The Morgan fingerprint density at radius 2 is 1.90 bits per heavy atom. The van der Waals surface area contributed by atoms with Gasteiger partial charge in [-0.25, -0.2) is 8.42 Å². The number of ether oxygens (including phenoxy) is 1. The van der Waals surface area contributed by atoms with Gasteiger partial charge in [0.2, 0.25) is 15.7 Å². The molecule has 1 saturated carbocycles. The van der Waals surface area contributed by atoms with E-state index in [9.17, 15) is 23.1 Å². The van der Waals surface area contributed by atoms with Crippen molar-refractivity contribution < 1.29 is 32.3 Å². The van der Waals surface area contributed by atoms with Gasteiger partial charge in [0.15, 0.2) is 0 Å². The van der Waals surface area contributed by atoms with Gasteiger partial charge in [-0.1, -0.05) is 29.8 Å². The molecule has 40 heavy (non-hydrogen) atoms. The number of carboxylic acids is 1. The number of carbonyl (C=O) groups is 2. The van der Waals surface area contributed by atoms with Crippen LogP contribution >= 0.6 is 0 Å². The summed E-state index contributed by atoms with van der Waals surface area (Å²) in [5.74, 6) is -0.539. The highest BCUT2D eigenvalue weighted by Crippen LogP contribution is 2.47. The number of fused-ring (bicyclic) bond motifs is 1. The number of amides is 1. The number of nitrogens with one attached hydrogen (secondary N) is 1. The topological polar surface area (TPSA) is 139 Å². The van der Waals surface area contributed by atoms with Gasteiger partial charge in [-0.15, -0.1) is 0 Å². The number of methoxy groups -OCH3 is 1. The lowest BCUT2D eigenvalue weighted by Gasteiger charge is -2.27. The summed E-state index contributed by atoms with van der Waals surface area (Å²) < 4.78 is 38.6. The number of pyridine rings is 1. The number of carboxylic acid groups (broad SMARTS) is 1. The first-order valence-electron chi connectivity index (χ1n) is 13.4. The van der Waals surface area contributed by atoms with E-state index in [4.69, 9.17) is 14.1 Å². The maximum absolute atomic E-state index is 13.1. The summed E-state index contributed by atoms with van der Waals surface area (Å²) in [5.41, 5.74) is 1.96.